The summed E-state index contributed by atoms with van der Waals surface area (Å²) in [5.74, 6) is 0.887. The highest BCUT2D eigenvalue weighted by atomic mass is 32.1. The lowest BCUT2D eigenvalue weighted by Gasteiger charge is -2.34. The number of hydrogen-bond acceptors (Lipinski definition) is 7. The van der Waals surface area contributed by atoms with Crippen molar-refractivity contribution in [2.24, 2.45) is 0 Å². The molecule has 0 bridgehead atoms. The lowest BCUT2D eigenvalue weighted by Crippen LogP contribution is -2.50. The smallest absolute Gasteiger partial charge is 0.264 e. The van der Waals surface area contributed by atoms with Gasteiger partial charge in [-0.3, -0.25) is 14.4 Å². The second kappa shape index (κ2) is 10.7. The molecule has 1 saturated carbocycles. The Morgan fingerprint density at radius 1 is 1.06 bits per heavy atom. The highest BCUT2D eigenvalue weighted by molar-refractivity contribution is 7.13. The van der Waals surface area contributed by atoms with Crippen molar-refractivity contribution in [1.82, 2.24) is 25.3 Å². The van der Waals surface area contributed by atoms with Crippen molar-refractivity contribution in [3.63, 3.8) is 0 Å². The highest BCUT2D eigenvalue weighted by Gasteiger charge is 2.38. The van der Waals surface area contributed by atoms with E-state index in [4.69, 9.17) is 4.52 Å². The molecule has 34 heavy (non-hydrogen) atoms. The van der Waals surface area contributed by atoms with E-state index in [0.717, 1.165) is 48.3 Å². The Morgan fingerprint density at radius 3 is 2.35 bits per heavy atom. The van der Waals surface area contributed by atoms with Crippen LogP contribution in [0.15, 0.2) is 16.7 Å². The summed E-state index contributed by atoms with van der Waals surface area (Å²) < 4.78 is 5.47. The molecule has 2 aliphatic rings. The van der Waals surface area contributed by atoms with Crippen LogP contribution in [0.4, 0.5) is 0 Å². The third-order valence-electron chi connectivity index (χ3n) is 6.69. The van der Waals surface area contributed by atoms with Crippen molar-refractivity contribution >= 4 is 29.1 Å². The van der Waals surface area contributed by atoms with Gasteiger partial charge in [-0.1, -0.05) is 30.8 Å². The zero-order valence-electron chi connectivity index (χ0n) is 20.0. The average Bonchev–Trinajstić information content (AvgIpc) is 3.42. The summed E-state index contributed by atoms with van der Waals surface area (Å²) in [6, 6.07) is 3.82. The van der Waals surface area contributed by atoms with Gasteiger partial charge in [0.25, 0.3) is 5.91 Å². The molecule has 0 aromatic carbocycles. The minimum atomic E-state index is -0.585. The molecular weight excluding hydrogens is 454 g/mol. The lowest BCUT2D eigenvalue weighted by molar-refractivity contribution is -0.132. The molecule has 0 atom stereocenters. The van der Waals surface area contributed by atoms with Crippen molar-refractivity contribution in [2.45, 2.75) is 70.8 Å². The molecule has 184 valence electrons. The lowest BCUT2D eigenvalue weighted by atomic mass is 9.89. The van der Waals surface area contributed by atoms with E-state index in [2.05, 4.69) is 15.5 Å². The molecule has 2 aromatic heterocycles. The summed E-state index contributed by atoms with van der Waals surface area (Å²) >= 11 is 1.50. The third-order valence-corrected chi connectivity index (χ3v) is 7.68. The molecule has 10 heteroatoms. The SMILES string of the molecule is CC(=O)NC1(c2noc(CCC(=O)N3CCN(C(=O)c4ccc(C)s4)CC3)n2)CCCCCC1. The van der Waals surface area contributed by atoms with E-state index < -0.39 is 5.54 Å². The van der Waals surface area contributed by atoms with Crippen LogP contribution in [0.2, 0.25) is 0 Å². The molecule has 3 amide bonds. The first kappa shape index (κ1) is 24.4. The van der Waals surface area contributed by atoms with E-state index in [1.807, 2.05) is 24.0 Å². The van der Waals surface area contributed by atoms with Crippen molar-refractivity contribution in [2.75, 3.05) is 26.2 Å². The number of nitrogens with zero attached hydrogens (tertiary/aromatic N) is 4. The van der Waals surface area contributed by atoms with Gasteiger partial charge in [0.2, 0.25) is 17.7 Å². The topological polar surface area (TPSA) is 109 Å². The second-order valence-electron chi connectivity index (χ2n) is 9.27. The van der Waals surface area contributed by atoms with E-state index in [1.54, 1.807) is 4.90 Å². The average molecular weight is 488 g/mol. The highest BCUT2D eigenvalue weighted by Crippen LogP contribution is 2.34. The Hall–Kier alpha value is -2.75. The fourth-order valence-corrected chi connectivity index (χ4v) is 5.70. The molecule has 2 aromatic rings. The third kappa shape index (κ3) is 5.65. The molecule has 0 unspecified atom stereocenters. The number of nitrogens with one attached hydrogen (secondary N) is 1. The van der Waals surface area contributed by atoms with Gasteiger partial charge in [-0.2, -0.15) is 4.98 Å². The predicted octanol–water partition coefficient (Wildman–Crippen LogP) is 3.04. The van der Waals surface area contributed by atoms with Gasteiger partial charge in [0.05, 0.1) is 4.88 Å². The van der Waals surface area contributed by atoms with Crippen LogP contribution in [-0.2, 0) is 21.5 Å². The van der Waals surface area contributed by atoms with Crippen molar-refractivity contribution in [3.8, 4) is 0 Å². The standard InChI is InChI=1S/C24H33N5O4S/c1-17-7-8-19(34-17)22(32)29-15-13-28(14-16-29)21(31)10-9-20-25-23(27-33-20)24(26-18(2)30)11-5-3-4-6-12-24/h7-8H,3-6,9-16H2,1-2H3,(H,26,30). The fourth-order valence-electron chi connectivity index (χ4n) is 4.86. The first-order valence-electron chi connectivity index (χ1n) is 12.1. The maximum absolute atomic E-state index is 12.8. The van der Waals surface area contributed by atoms with Crippen molar-refractivity contribution in [1.29, 1.82) is 0 Å². The van der Waals surface area contributed by atoms with Gasteiger partial charge in [-0.05, 0) is 31.9 Å². The summed E-state index contributed by atoms with van der Waals surface area (Å²) in [7, 11) is 0. The van der Waals surface area contributed by atoms with E-state index in [-0.39, 0.29) is 24.1 Å². The van der Waals surface area contributed by atoms with Gasteiger partial charge in [-0.25, -0.2) is 0 Å². The minimum Gasteiger partial charge on any atom is -0.343 e. The molecule has 1 saturated heterocycles. The molecule has 4 rings (SSSR count). The van der Waals surface area contributed by atoms with Gasteiger partial charge in [0, 0.05) is 50.8 Å². The summed E-state index contributed by atoms with van der Waals surface area (Å²) in [4.78, 5) is 47.3. The predicted molar refractivity (Wildman–Crippen MR) is 127 cm³/mol. The summed E-state index contributed by atoms with van der Waals surface area (Å²) in [6.07, 6.45) is 6.48. The largest absolute Gasteiger partial charge is 0.343 e. The first-order valence-corrected chi connectivity index (χ1v) is 12.9. The zero-order valence-corrected chi connectivity index (χ0v) is 20.8. The Balaban J connectivity index is 1.30. The van der Waals surface area contributed by atoms with Crippen molar-refractivity contribution < 1.29 is 18.9 Å². The molecule has 1 aliphatic heterocycles. The summed E-state index contributed by atoms with van der Waals surface area (Å²) in [6.45, 7) is 5.62. The quantitative estimate of drug-likeness (QED) is 0.628. The second-order valence-corrected chi connectivity index (χ2v) is 10.6. The van der Waals surface area contributed by atoms with Crippen LogP contribution in [0, 0.1) is 6.92 Å². The molecule has 3 heterocycles. The molecule has 1 N–H and O–H groups in total. The van der Waals surface area contributed by atoms with Crippen LogP contribution >= 0.6 is 11.3 Å². The van der Waals surface area contributed by atoms with Crippen LogP contribution in [0.1, 0.15) is 78.1 Å². The van der Waals surface area contributed by atoms with Crippen molar-refractivity contribution in [3.05, 3.63) is 33.6 Å². The number of piperazine rings is 1. The number of aryl methyl sites for hydroxylation is 2. The number of thiophene rings is 1. The van der Waals surface area contributed by atoms with Crippen LogP contribution < -0.4 is 5.32 Å². The molecule has 1 aliphatic carbocycles. The van der Waals surface area contributed by atoms with Gasteiger partial charge in [0.1, 0.15) is 5.54 Å². The minimum absolute atomic E-state index is 0.0184. The van der Waals surface area contributed by atoms with Crippen LogP contribution in [0.25, 0.3) is 0 Å². The maximum Gasteiger partial charge on any atom is 0.264 e. The Kier molecular flexibility index (Phi) is 7.65. The molecular formula is C24H33N5O4S. The molecule has 9 nitrogen and oxygen atoms in total. The molecule has 0 radical (unpaired) electrons. The van der Waals surface area contributed by atoms with Gasteiger partial charge in [-0.15, -0.1) is 11.3 Å². The van der Waals surface area contributed by atoms with Crippen LogP contribution in [-0.4, -0.2) is 63.8 Å². The Bertz CT molecular complexity index is 1020. The van der Waals surface area contributed by atoms with E-state index in [0.29, 0.717) is 44.3 Å². The number of amides is 3. The zero-order chi connectivity index (χ0) is 24.1. The summed E-state index contributed by atoms with van der Waals surface area (Å²) in [5, 5.41) is 7.27. The number of hydrogen-bond donors (Lipinski definition) is 1. The Labute approximate surface area is 203 Å². The van der Waals surface area contributed by atoms with Gasteiger partial charge >= 0.3 is 0 Å². The normalized spacial score (nSPS) is 18.4. The van der Waals surface area contributed by atoms with Gasteiger partial charge in [0.15, 0.2) is 5.82 Å². The number of rotatable bonds is 6. The Morgan fingerprint density at radius 2 is 1.74 bits per heavy atom. The molecule has 2 fully saturated rings. The first-order chi connectivity index (χ1) is 16.4. The number of carbonyl (C=O) groups is 3. The van der Waals surface area contributed by atoms with E-state index >= 15 is 0 Å². The van der Waals surface area contributed by atoms with Crippen LogP contribution in [0.3, 0.4) is 0 Å². The van der Waals surface area contributed by atoms with Crippen LogP contribution in [0.5, 0.6) is 0 Å². The number of carbonyl (C=O) groups excluding carboxylic acids is 3. The number of aromatic nitrogens is 2. The fraction of sp³-hybridized carbons (Fsp3) is 0.625. The maximum atomic E-state index is 12.8. The summed E-state index contributed by atoms with van der Waals surface area (Å²) in [5.41, 5.74) is -0.585. The molecule has 0 spiro atoms. The van der Waals surface area contributed by atoms with E-state index in [1.165, 1.54) is 18.3 Å². The van der Waals surface area contributed by atoms with Gasteiger partial charge < -0.3 is 19.6 Å². The van der Waals surface area contributed by atoms with E-state index in [9.17, 15) is 14.4 Å². The monoisotopic (exact) mass is 487 g/mol.